The molecule has 0 bridgehead atoms. The molecule has 1 heterocycles. The summed E-state index contributed by atoms with van der Waals surface area (Å²) >= 11 is 0. The summed E-state index contributed by atoms with van der Waals surface area (Å²) in [6.45, 7) is 4.28. The predicted octanol–water partition coefficient (Wildman–Crippen LogP) is 2.97. The molecule has 3 nitrogen and oxygen atoms in total. The number of hydrogen-bond acceptors (Lipinski definition) is 2. The second-order valence-corrected chi connectivity index (χ2v) is 5.22. The molecule has 1 aromatic rings. The van der Waals surface area contributed by atoms with E-state index in [0.717, 1.165) is 13.1 Å². The van der Waals surface area contributed by atoms with E-state index in [4.69, 9.17) is 0 Å². The molecule has 0 radical (unpaired) electrons. The molecule has 3 heteroatoms. The van der Waals surface area contributed by atoms with Crippen LogP contribution in [0.4, 0.5) is 0 Å². The van der Waals surface area contributed by atoms with Gasteiger partial charge in [0.25, 0.3) is 0 Å². The highest BCUT2D eigenvalue weighted by Gasteiger charge is 2.21. The van der Waals surface area contributed by atoms with Crippen LogP contribution in [0.15, 0.2) is 6.20 Å². The monoisotopic (exact) mass is 235 g/mol. The SMILES string of the molecule is CCCNCc1cn(C)nc1C1CCCCC1. The highest BCUT2D eigenvalue weighted by atomic mass is 15.3. The molecule has 0 aliphatic heterocycles. The largest absolute Gasteiger partial charge is 0.313 e. The van der Waals surface area contributed by atoms with E-state index in [2.05, 4.69) is 23.5 Å². The Kier molecular flexibility index (Phi) is 4.60. The van der Waals surface area contributed by atoms with Crippen molar-refractivity contribution in [1.29, 1.82) is 0 Å². The molecule has 1 aliphatic carbocycles. The Balaban J connectivity index is 2.03. The summed E-state index contributed by atoms with van der Waals surface area (Å²) in [5.74, 6) is 0.711. The van der Waals surface area contributed by atoms with Crippen molar-refractivity contribution in [2.75, 3.05) is 6.54 Å². The zero-order chi connectivity index (χ0) is 12.1. The zero-order valence-electron chi connectivity index (χ0n) is 11.2. The maximum atomic E-state index is 4.69. The van der Waals surface area contributed by atoms with Crippen LogP contribution in [0, 0.1) is 0 Å². The maximum absolute atomic E-state index is 4.69. The Morgan fingerprint density at radius 3 is 2.82 bits per heavy atom. The summed E-state index contributed by atoms with van der Waals surface area (Å²) in [6, 6.07) is 0. The Hall–Kier alpha value is -0.830. The maximum Gasteiger partial charge on any atom is 0.0700 e. The van der Waals surface area contributed by atoms with E-state index in [0.29, 0.717) is 5.92 Å². The molecule has 96 valence electrons. The second-order valence-electron chi connectivity index (χ2n) is 5.22. The van der Waals surface area contributed by atoms with Crippen molar-refractivity contribution in [2.45, 2.75) is 57.9 Å². The summed E-state index contributed by atoms with van der Waals surface area (Å²) in [5, 5.41) is 8.18. The average Bonchev–Trinajstić information content (AvgIpc) is 2.72. The van der Waals surface area contributed by atoms with Crippen LogP contribution < -0.4 is 5.32 Å². The van der Waals surface area contributed by atoms with Crippen molar-refractivity contribution in [2.24, 2.45) is 7.05 Å². The summed E-state index contributed by atoms with van der Waals surface area (Å²) in [5.41, 5.74) is 2.77. The van der Waals surface area contributed by atoms with Gasteiger partial charge in [0.2, 0.25) is 0 Å². The molecule has 0 amide bonds. The minimum absolute atomic E-state index is 0.711. The van der Waals surface area contributed by atoms with E-state index >= 15 is 0 Å². The zero-order valence-corrected chi connectivity index (χ0v) is 11.2. The Labute approximate surface area is 105 Å². The van der Waals surface area contributed by atoms with Crippen LogP contribution in [0.5, 0.6) is 0 Å². The molecular formula is C14H25N3. The average molecular weight is 235 g/mol. The number of aromatic nitrogens is 2. The van der Waals surface area contributed by atoms with Gasteiger partial charge in [-0.1, -0.05) is 26.2 Å². The van der Waals surface area contributed by atoms with Gasteiger partial charge in [-0.25, -0.2) is 0 Å². The van der Waals surface area contributed by atoms with Crippen molar-refractivity contribution < 1.29 is 0 Å². The molecule has 1 fully saturated rings. The first-order valence-electron chi connectivity index (χ1n) is 7.04. The van der Waals surface area contributed by atoms with Gasteiger partial charge in [0.05, 0.1) is 5.69 Å². The van der Waals surface area contributed by atoms with Gasteiger partial charge in [0.1, 0.15) is 0 Å². The van der Waals surface area contributed by atoms with Gasteiger partial charge < -0.3 is 5.32 Å². The van der Waals surface area contributed by atoms with Crippen molar-refractivity contribution in [1.82, 2.24) is 15.1 Å². The van der Waals surface area contributed by atoms with E-state index in [1.165, 1.54) is 49.8 Å². The summed E-state index contributed by atoms with van der Waals surface area (Å²) in [4.78, 5) is 0. The highest BCUT2D eigenvalue weighted by Crippen LogP contribution is 2.33. The molecule has 0 atom stereocenters. The molecule has 0 saturated heterocycles. The number of rotatable bonds is 5. The van der Waals surface area contributed by atoms with Crippen molar-refractivity contribution in [3.8, 4) is 0 Å². The highest BCUT2D eigenvalue weighted by molar-refractivity contribution is 5.21. The standard InChI is InChI=1S/C14H25N3/c1-3-9-15-10-13-11-17(2)16-14(13)12-7-5-4-6-8-12/h11-12,15H,3-10H2,1-2H3. The minimum atomic E-state index is 0.711. The topological polar surface area (TPSA) is 29.9 Å². The molecule has 17 heavy (non-hydrogen) atoms. The normalized spacial score (nSPS) is 17.5. The molecule has 0 spiro atoms. The van der Waals surface area contributed by atoms with Gasteiger partial charge >= 0.3 is 0 Å². The molecular weight excluding hydrogens is 210 g/mol. The summed E-state index contributed by atoms with van der Waals surface area (Å²) in [6.07, 6.45) is 10.2. The fraction of sp³-hybridized carbons (Fsp3) is 0.786. The van der Waals surface area contributed by atoms with E-state index in [-0.39, 0.29) is 0 Å². The van der Waals surface area contributed by atoms with Gasteiger partial charge in [-0.05, 0) is 25.8 Å². The molecule has 1 N–H and O–H groups in total. The van der Waals surface area contributed by atoms with Gasteiger partial charge in [0, 0.05) is 31.3 Å². The lowest BCUT2D eigenvalue weighted by Crippen LogP contribution is -2.16. The van der Waals surface area contributed by atoms with E-state index in [1.807, 2.05) is 11.7 Å². The lowest BCUT2D eigenvalue weighted by Gasteiger charge is -2.21. The lowest BCUT2D eigenvalue weighted by atomic mass is 9.85. The lowest BCUT2D eigenvalue weighted by molar-refractivity contribution is 0.431. The van der Waals surface area contributed by atoms with Crippen LogP contribution in [0.2, 0.25) is 0 Å². The Morgan fingerprint density at radius 2 is 2.12 bits per heavy atom. The molecule has 0 aromatic carbocycles. The van der Waals surface area contributed by atoms with Crippen LogP contribution >= 0.6 is 0 Å². The van der Waals surface area contributed by atoms with E-state index < -0.39 is 0 Å². The van der Waals surface area contributed by atoms with Gasteiger partial charge in [-0.3, -0.25) is 4.68 Å². The quantitative estimate of drug-likeness (QED) is 0.795. The first kappa shape index (κ1) is 12.6. The fourth-order valence-electron chi connectivity index (χ4n) is 2.81. The fourth-order valence-corrected chi connectivity index (χ4v) is 2.81. The van der Waals surface area contributed by atoms with Gasteiger partial charge in [-0.2, -0.15) is 5.10 Å². The molecule has 1 saturated carbocycles. The van der Waals surface area contributed by atoms with E-state index in [9.17, 15) is 0 Å². The third kappa shape index (κ3) is 3.32. The molecule has 2 rings (SSSR count). The summed E-state index contributed by atoms with van der Waals surface area (Å²) in [7, 11) is 2.04. The molecule has 1 aliphatic rings. The van der Waals surface area contributed by atoms with Crippen LogP contribution in [0.3, 0.4) is 0 Å². The second kappa shape index (κ2) is 6.20. The molecule has 0 unspecified atom stereocenters. The number of hydrogen-bond donors (Lipinski definition) is 1. The number of aryl methyl sites for hydroxylation is 1. The van der Waals surface area contributed by atoms with E-state index in [1.54, 1.807) is 0 Å². The Bertz CT molecular complexity index is 337. The van der Waals surface area contributed by atoms with Gasteiger partial charge in [-0.15, -0.1) is 0 Å². The predicted molar refractivity (Wildman–Crippen MR) is 71.0 cm³/mol. The smallest absolute Gasteiger partial charge is 0.0700 e. The minimum Gasteiger partial charge on any atom is -0.313 e. The summed E-state index contributed by atoms with van der Waals surface area (Å²) < 4.78 is 1.98. The third-order valence-corrected chi connectivity index (χ3v) is 3.67. The van der Waals surface area contributed by atoms with Crippen molar-refractivity contribution in [3.05, 3.63) is 17.5 Å². The van der Waals surface area contributed by atoms with Crippen LogP contribution in [0.1, 0.15) is 62.6 Å². The van der Waals surface area contributed by atoms with Gasteiger partial charge in [0.15, 0.2) is 0 Å². The number of nitrogens with one attached hydrogen (secondary N) is 1. The first-order valence-corrected chi connectivity index (χ1v) is 7.04. The van der Waals surface area contributed by atoms with Crippen molar-refractivity contribution in [3.63, 3.8) is 0 Å². The van der Waals surface area contributed by atoms with Crippen LogP contribution in [0.25, 0.3) is 0 Å². The molecule has 1 aromatic heterocycles. The third-order valence-electron chi connectivity index (χ3n) is 3.67. The van der Waals surface area contributed by atoms with Crippen LogP contribution in [-0.2, 0) is 13.6 Å². The van der Waals surface area contributed by atoms with Crippen LogP contribution in [-0.4, -0.2) is 16.3 Å². The Morgan fingerprint density at radius 1 is 1.35 bits per heavy atom. The number of nitrogens with zero attached hydrogens (tertiary/aromatic N) is 2. The van der Waals surface area contributed by atoms with Crippen molar-refractivity contribution >= 4 is 0 Å². The first-order chi connectivity index (χ1) is 8.31.